The summed E-state index contributed by atoms with van der Waals surface area (Å²) in [6.07, 6.45) is 3.06. The maximum absolute atomic E-state index is 13.0. The number of hydrogen-bond acceptors (Lipinski definition) is 5. The van der Waals surface area contributed by atoms with Crippen LogP contribution in [0.4, 0.5) is 0 Å². The molecular formula is C28H25N3O5. The second kappa shape index (κ2) is 9.95. The number of ketones is 2. The molecule has 8 heteroatoms. The number of carboxylic acids is 1. The number of amides is 1. The zero-order valence-corrected chi connectivity index (χ0v) is 19.9. The lowest BCUT2D eigenvalue weighted by molar-refractivity contribution is -0.131. The summed E-state index contributed by atoms with van der Waals surface area (Å²) < 4.78 is 1.62. The van der Waals surface area contributed by atoms with Gasteiger partial charge in [0.15, 0.2) is 0 Å². The molecule has 0 saturated carbocycles. The number of rotatable bonds is 9. The molecule has 0 unspecified atom stereocenters. The summed E-state index contributed by atoms with van der Waals surface area (Å²) in [5.74, 6) is -5.15. The predicted molar refractivity (Wildman–Crippen MR) is 133 cm³/mol. The second-order valence-electron chi connectivity index (χ2n) is 8.54. The molecule has 3 N–H and O–H groups in total. The minimum Gasteiger partial charge on any atom is -0.475 e. The molecule has 8 nitrogen and oxygen atoms in total. The van der Waals surface area contributed by atoms with Crippen LogP contribution >= 0.6 is 0 Å². The summed E-state index contributed by atoms with van der Waals surface area (Å²) in [6.45, 7) is 3.46. The first-order valence-electron chi connectivity index (χ1n) is 11.5. The van der Waals surface area contributed by atoms with Crippen molar-refractivity contribution in [3.05, 3.63) is 106 Å². The molecule has 0 radical (unpaired) electrons. The molecule has 182 valence electrons. The van der Waals surface area contributed by atoms with Crippen LogP contribution in [0.3, 0.4) is 0 Å². The van der Waals surface area contributed by atoms with Gasteiger partial charge < -0.3 is 15.2 Å². The summed E-state index contributed by atoms with van der Waals surface area (Å²) in [4.78, 5) is 53.2. The molecule has 1 amide bonds. The van der Waals surface area contributed by atoms with E-state index in [9.17, 15) is 24.3 Å². The highest BCUT2D eigenvalue weighted by Gasteiger charge is 2.31. The molecule has 0 fully saturated rings. The van der Waals surface area contributed by atoms with Crippen LogP contribution in [0.15, 0.2) is 60.8 Å². The van der Waals surface area contributed by atoms with E-state index in [1.165, 1.54) is 0 Å². The number of carboxylic acid groups (broad SMARTS) is 1. The van der Waals surface area contributed by atoms with E-state index in [2.05, 4.69) is 4.98 Å². The SMILES string of the molecule is CCc1c(C(=O)C(N)=O)c2c(C(=O)C(=O)O)nc(C)cn2c1Cc1ccccc1Cc1ccccc1. The Hall–Kier alpha value is -4.59. The second-order valence-corrected chi connectivity index (χ2v) is 8.54. The lowest BCUT2D eigenvalue weighted by atomic mass is 9.94. The van der Waals surface area contributed by atoms with E-state index < -0.39 is 29.1 Å². The highest BCUT2D eigenvalue weighted by atomic mass is 16.4. The lowest BCUT2D eigenvalue weighted by Gasteiger charge is -2.12. The van der Waals surface area contributed by atoms with Crippen molar-refractivity contribution in [2.24, 2.45) is 5.73 Å². The number of nitrogens with two attached hydrogens (primary N) is 1. The predicted octanol–water partition coefficient (Wildman–Crippen LogP) is 3.32. The molecule has 0 aliphatic heterocycles. The van der Waals surface area contributed by atoms with Crippen LogP contribution in [0.25, 0.3) is 5.52 Å². The first-order chi connectivity index (χ1) is 17.2. The first-order valence-corrected chi connectivity index (χ1v) is 11.5. The van der Waals surface area contributed by atoms with E-state index in [4.69, 9.17) is 5.73 Å². The molecule has 2 aromatic heterocycles. The summed E-state index contributed by atoms with van der Waals surface area (Å²) >= 11 is 0. The summed E-state index contributed by atoms with van der Waals surface area (Å²) in [5.41, 5.74) is 9.67. The standard InChI is InChI=1S/C28H25N3O5/c1-3-20-21(14-19-12-8-7-11-18(19)13-17-9-5-4-6-10-17)31-15-16(2)30-23(26(33)28(35)36)24(31)22(20)25(32)27(29)34/h4-12,15H,3,13-14H2,1-2H3,(H2,29,34)(H,35,36). The maximum atomic E-state index is 13.0. The lowest BCUT2D eigenvalue weighted by Crippen LogP contribution is -2.25. The monoisotopic (exact) mass is 483 g/mol. The van der Waals surface area contributed by atoms with Crippen LogP contribution in [-0.2, 0) is 28.9 Å². The van der Waals surface area contributed by atoms with Gasteiger partial charge in [-0.25, -0.2) is 9.78 Å². The molecular weight excluding hydrogens is 458 g/mol. The zero-order valence-electron chi connectivity index (χ0n) is 19.9. The Bertz CT molecular complexity index is 1520. The number of fused-ring (bicyclic) bond motifs is 1. The fraction of sp³-hybridized carbons (Fsp3) is 0.179. The van der Waals surface area contributed by atoms with Gasteiger partial charge in [-0.05, 0) is 42.0 Å². The third-order valence-corrected chi connectivity index (χ3v) is 6.17. The molecule has 0 saturated heterocycles. The van der Waals surface area contributed by atoms with Crippen LogP contribution < -0.4 is 5.73 Å². The third kappa shape index (κ3) is 4.53. The Balaban J connectivity index is 1.98. The van der Waals surface area contributed by atoms with Crippen LogP contribution in [-0.4, -0.2) is 37.9 Å². The van der Waals surface area contributed by atoms with Crippen molar-refractivity contribution in [2.75, 3.05) is 0 Å². The Labute approximate surface area is 207 Å². The number of aromatic nitrogens is 2. The smallest absolute Gasteiger partial charge is 0.379 e. The quantitative estimate of drug-likeness (QED) is 0.277. The Kier molecular flexibility index (Phi) is 6.78. The van der Waals surface area contributed by atoms with Crippen LogP contribution in [0.5, 0.6) is 0 Å². The number of carbonyl (C=O) groups excluding carboxylic acids is 3. The number of carbonyl (C=O) groups is 4. The fourth-order valence-corrected chi connectivity index (χ4v) is 4.61. The Morgan fingerprint density at radius 1 is 0.917 bits per heavy atom. The van der Waals surface area contributed by atoms with E-state index >= 15 is 0 Å². The van der Waals surface area contributed by atoms with E-state index in [1.807, 2.05) is 61.5 Å². The van der Waals surface area contributed by atoms with Gasteiger partial charge in [-0.1, -0.05) is 61.5 Å². The maximum Gasteiger partial charge on any atom is 0.379 e. The number of Topliss-reactive ketones (excluding diaryl/α,β-unsaturated/α-hetero) is 2. The average Bonchev–Trinajstić information content (AvgIpc) is 3.17. The van der Waals surface area contributed by atoms with Crippen LogP contribution in [0.1, 0.15) is 61.4 Å². The van der Waals surface area contributed by atoms with Gasteiger partial charge >= 0.3 is 5.97 Å². The van der Waals surface area contributed by atoms with E-state index in [0.29, 0.717) is 36.2 Å². The number of hydrogen-bond donors (Lipinski definition) is 2. The molecule has 2 aromatic carbocycles. The highest BCUT2D eigenvalue weighted by molar-refractivity contribution is 6.46. The number of aryl methyl sites for hydroxylation is 1. The highest BCUT2D eigenvalue weighted by Crippen LogP contribution is 2.31. The Morgan fingerprint density at radius 3 is 2.11 bits per heavy atom. The van der Waals surface area contributed by atoms with E-state index in [0.717, 1.165) is 16.7 Å². The van der Waals surface area contributed by atoms with Gasteiger partial charge in [0.1, 0.15) is 5.69 Å². The molecule has 2 heterocycles. The summed E-state index contributed by atoms with van der Waals surface area (Å²) in [7, 11) is 0. The number of primary amides is 1. The third-order valence-electron chi connectivity index (χ3n) is 6.17. The molecule has 4 rings (SSSR count). The van der Waals surface area contributed by atoms with Crippen LogP contribution in [0.2, 0.25) is 0 Å². The van der Waals surface area contributed by atoms with Gasteiger partial charge in [0.2, 0.25) is 0 Å². The van der Waals surface area contributed by atoms with E-state index in [-0.39, 0.29) is 11.1 Å². The normalized spacial score (nSPS) is 10.9. The molecule has 0 atom stereocenters. The molecule has 0 spiro atoms. The van der Waals surface area contributed by atoms with Gasteiger partial charge in [0.25, 0.3) is 17.5 Å². The number of nitrogens with zero attached hydrogens (tertiary/aromatic N) is 2. The van der Waals surface area contributed by atoms with Crippen LogP contribution in [0, 0.1) is 6.92 Å². The van der Waals surface area contributed by atoms with Gasteiger partial charge in [0.05, 0.1) is 16.8 Å². The van der Waals surface area contributed by atoms with Crippen molar-refractivity contribution in [3.8, 4) is 0 Å². The molecule has 0 aliphatic rings. The van der Waals surface area contributed by atoms with Gasteiger partial charge in [-0.3, -0.25) is 14.4 Å². The Morgan fingerprint density at radius 2 is 1.53 bits per heavy atom. The van der Waals surface area contributed by atoms with E-state index in [1.54, 1.807) is 17.5 Å². The van der Waals surface area contributed by atoms with Gasteiger partial charge in [0, 0.05) is 18.3 Å². The van der Waals surface area contributed by atoms with Crippen molar-refractivity contribution >= 4 is 29.0 Å². The van der Waals surface area contributed by atoms with Gasteiger partial charge in [-0.2, -0.15) is 0 Å². The fourth-order valence-electron chi connectivity index (χ4n) is 4.61. The van der Waals surface area contributed by atoms with Crippen molar-refractivity contribution in [1.29, 1.82) is 0 Å². The molecule has 0 aliphatic carbocycles. The minimum absolute atomic E-state index is 0.0100. The topological polar surface area (TPSA) is 132 Å². The first kappa shape index (κ1) is 24.5. The summed E-state index contributed by atoms with van der Waals surface area (Å²) in [5, 5.41) is 9.39. The van der Waals surface area contributed by atoms with Gasteiger partial charge in [-0.15, -0.1) is 0 Å². The van der Waals surface area contributed by atoms with Crippen molar-refractivity contribution in [3.63, 3.8) is 0 Å². The van der Waals surface area contributed by atoms with Crippen molar-refractivity contribution in [2.45, 2.75) is 33.1 Å². The molecule has 0 bridgehead atoms. The largest absolute Gasteiger partial charge is 0.475 e. The molecule has 4 aromatic rings. The van der Waals surface area contributed by atoms with Crippen molar-refractivity contribution < 1.29 is 24.3 Å². The summed E-state index contributed by atoms with van der Waals surface area (Å²) in [6, 6.07) is 17.9. The zero-order chi connectivity index (χ0) is 26.0. The molecule has 36 heavy (non-hydrogen) atoms. The van der Waals surface area contributed by atoms with Crippen molar-refractivity contribution in [1.82, 2.24) is 9.38 Å². The minimum atomic E-state index is -1.71. The average molecular weight is 484 g/mol. The number of benzene rings is 2. The number of aliphatic carboxylic acids is 1.